The van der Waals surface area contributed by atoms with Gasteiger partial charge < -0.3 is 15.4 Å². The molecule has 0 saturated carbocycles. The highest BCUT2D eigenvalue weighted by Crippen LogP contribution is 2.36. The van der Waals surface area contributed by atoms with Gasteiger partial charge in [0.25, 0.3) is 0 Å². The van der Waals surface area contributed by atoms with Crippen LogP contribution in [0, 0.1) is 5.41 Å². The quantitative estimate of drug-likeness (QED) is 0.709. The van der Waals surface area contributed by atoms with Gasteiger partial charge in [-0.15, -0.1) is 0 Å². The van der Waals surface area contributed by atoms with E-state index in [1.807, 2.05) is 6.92 Å². The van der Waals surface area contributed by atoms with Gasteiger partial charge in [0.1, 0.15) is 0 Å². The van der Waals surface area contributed by atoms with Crippen molar-refractivity contribution in [3.8, 4) is 0 Å². The van der Waals surface area contributed by atoms with Crippen LogP contribution in [0.3, 0.4) is 0 Å². The van der Waals surface area contributed by atoms with Gasteiger partial charge in [0.15, 0.2) is 0 Å². The van der Waals surface area contributed by atoms with Crippen molar-refractivity contribution in [1.29, 1.82) is 0 Å². The molecule has 102 valence electrons. The minimum atomic E-state index is 0.248. The van der Waals surface area contributed by atoms with Gasteiger partial charge in [-0.25, -0.2) is 0 Å². The van der Waals surface area contributed by atoms with Gasteiger partial charge in [-0.3, -0.25) is 0 Å². The highest BCUT2D eigenvalue weighted by molar-refractivity contribution is 4.88. The van der Waals surface area contributed by atoms with Gasteiger partial charge in [0.05, 0.1) is 6.10 Å². The summed E-state index contributed by atoms with van der Waals surface area (Å²) in [6.45, 7) is 11.8. The van der Waals surface area contributed by atoms with Crippen LogP contribution < -0.4 is 5.73 Å². The van der Waals surface area contributed by atoms with Crippen LogP contribution in [-0.4, -0.2) is 43.8 Å². The summed E-state index contributed by atoms with van der Waals surface area (Å²) in [6.07, 6.45) is 5.31. The summed E-state index contributed by atoms with van der Waals surface area (Å²) in [4.78, 5) is 2.59. The molecule has 1 atom stereocenters. The molecule has 0 aromatic carbocycles. The first kappa shape index (κ1) is 14.9. The Morgan fingerprint density at radius 2 is 2.00 bits per heavy atom. The third-order valence-corrected chi connectivity index (χ3v) is 4.45. The predicted octanol–water partition coefficient (Wildman–Crippen LogP) is 2.25. The Morgan fingerprint density at radius 1 is 1.29 bits per heavy atom. The zero-order valence-electron chi connectivity index (χ0n) is 11.9. The van der Waals surface area contributed by atoms with Crippen LogP contribution in [0.2, 0.25) is 0 Å². The maximum absolute atomic E-state index is 5.71. The molecule has 17 heavy (non-hydrogen) atoms. The topological polar surface area (TPSA) is 38.5 Å². The molecule has 0 aliphatic carbocycles. The molecule has 1 heterocycles. The summed E-state index contributed by atoms with van der Waals surface area (Å²) in [5, 5.41) is 0. The second-order valence-electron chi connectivity index (χ2n) is 5.33. The number of nitrogens with zero attached hydrogens (tertiary/aromatic N) is 1. The first-order chi connectivity index (χ1) is 8.19. The average molecular weight is 242 g/mol. The lowest BCUT2D eigenvalue weighted by Gasteiger charge is -2.27. The minimum absolute atomic E-state index is 0.248. The van der Waals surface area contributed by atoms with E-state index in [-0.39, 0.29) is 6.10 Å². The first-order valence-corrected chi connectivity index (χ1v) is 7.23. The third kappa shape index (κ3) is 4.23. The number of hydrogen-bond acceptors (Lipinski definition) is 3. The van der Waals surface area contributed by atoms with E-state index in [0.717, 1.165) is 19.6 Å². The van der Waals surface area contributed by atoms with E-state index >= 15 is 0 Å². The second-order valence-corrected chi connectivity index (χ2v) is 5.33. The summed E-state index contributed by atoms with van der Waals surface area (Å²) < 4.78 is 5.60. The fraction of sp³-hybridized carbons (Fsp3) is 1.00. The fourth-order valence-electron chi connectivity index (χ4n) is 2.88. The molecule has 3 nitrogen and oxygen atoms in total. The normalized spacial score (nSPS) is 21.9. The van der Waals surface area contributed by atoms with E-state index < -0.39 is 0 Å². The largest absolute Gasteiger partial charge is 0.377 e. The van der Waals surface area contributed by atoms with Crippen LogP contribution in [0.4, 0.5) is 0 Å². The first-order valence-electron chi connectivity index (χ1n) is 7.23. The summed E-state index contributed by atoms with van der Waals surface area (Å²) in [6, 6.07) is 0. The zero-order chi connectivity index (χ0) is 12.7. The van der Waals surface area contributed by atoms with E-state index in [1.54, 1.807) is 0 Å². The standard InChI is InChI=1S/C14H30N2O/c1-4-14(5-2)8-10-16(12-14)9-7-13(11-15)17-6-3/h13H,4-12,15H2,1-3H3. The molecule has 0 spiro atoms. The molecule has 1 aliphatic rings. The third-order valence-electron chi connectivity index (χ3n) is 4.45. The van der Waals surface area contributed by atoms with E-state index in [2.05, 4.69) is 18.7 Å². The van der Waals surface area contributed by atoms with Gasteiger partial charge >= 0.3 is 0 Å². The zero-order valence-corrected chi connectivity index (χ0v) is 11.9. The fourth-order valence-corrected chi connectivity index (χ4v) is 2.88. The van der Waals surface area contributed by atoms with Crippen LogP contribution in [0.25, 0.3) is 0 Å². The van der Waals surface area contributed by atoms with E-state index in [1.165, 1.54) is 32.4 Å². The van der Waals surface area contributed by atoms with Crippen molar-refractivity contribution in [2.75, 3.05) is 32.8 Å². The van der Waals surface area contributed by atoms with Crippen molar-refractivity contribution >= 4 is 0 Å². The molecule has 1 unspecified atom stereocenters. The van der Waals surface area contributed by atoms with Crippen LogP contribution >= 0.6 is 0 Å². The highest BCUT2D eigenvalue weighted by Gasteiger charge is 2.34. The summed E-state index contributed by atoms with van der Waals surface area (Å²) in [5.74, 6) is 0. The lowest BCUT2D eigenvalue weighted by Crippen LogP contribution is -2.32. The van der Waals surface area contributed by atoms with Gasteiger partial charge in [-0.1, -0.05) is 13.8 Å². The molecule has 1 fully saturated rings. The number of hydrogen-bond donors (Lipinski definition) is 1. The molecule has 0 bridgehead atoms. The Bertz CT molecular complexity index is 204. The Kier molecular flexibility index (Phi) is 6.45. The highest BCUT2D eigenvalue weighted by atomic mass is 16.5. The molecule has 2 N–H and O–H groups in total. The Labute approximate surface area is 107 Å². The molecule has 3 heteroatoms. The Balaban J connectivity index is 2.30. The molecular weight excluding hydrogens is 212 g/mol. The molecule has 0 radical (unpaired) electrons. The van der Waals surface area contributed by atoms with E-state index in [9.17, 15) is 0 Å². The van der Waals surface area contributed by atoms with Crippen LogP contribution in [0.5, 0.6) is 0 Å². The summed E-state index contributed by atoms with van der Waals surface area (Å²) >= 11 is 0. The molecule has 0 amide bonds. The van der Waals surface area contributed by atoms with E-state index in [0.29, 0.717) is 12.0 Å². The second kappa shape index (κ2) is 7.34. The average Bonchev–Trinajstić information content (AvgIpc) is 2.79. The van der Waals surface area contributed by atoms with Gasteiger partial charge in [0, 0.05) is 26.2 Å². The number of ether oxygens (including phenoxy) is 1. The van der Waals surface area contributed by atoms with Crippen molar-refractivity contribution in [1.82, 2.24) is 4.90 Å². The van der Waals surface area contributed by atoms with Crippen LogP contribution in [0.15, 0.2) is 0 Å². The lowest BCUT2D eigenvalue weighted by atomic mass is 9.82. The summed E-state index contributed by atoms with van der Waals surface area (Å²) in [7, 11) is 0. The van der Waals surface area contributed by atoms with Crippen LogP contribution in [-0.2, 0) is 4.74 Å². The van der Waals surface area contributed by atoms with Crippen molar-refractivity contribution < 1.29 is 4.74 Å². The number of nitrogens with two attached hydrogens (primary N) is 1. The van der Waals surface area contributed by atoms with Crippen molar-refractivity contribution in [3.63, 3.8) is 0 Å². The molecule has 0 aromatic heterocycles. The van der Waals surface area contributed by atoms with Crippen LogP contribution in [0.1, 0.15) is 46.5 Å². The van der Waals surface area contributed by atoms with Crippen molar-refractivity contribution in [3.05, 3.63) is 0 Å². The number of rotatable bonds is 8. The van der Waals surface area contributed by atoms with Crippen molar-refractivity contribution in [2.24, 2.45) is 11.1 Å². The minimum Gasteiger partial charge on any atom is -0.377 e. The molecular formula is C14H30N2O. The van der Waals surface area contributed by atoms with Gasteiger partial charge in [-0.05, 0) is 44.6 Å². The van der Waals surface area contributed by atoms with Crippen molar-refractivity contribution in [2.45, 2.75) is 52.6 Å². The van der Waals surface area contributed by atoms with Gasteiger partial charge in [0.2, 0.25) is 0 Å². The maximum atomic E-state index is 5.71. The lowest BCUT2D eigenvalue weighted by molar-refractivity contribution is 0.0551. The smallest absolute Gasteiger partial charge is 0.0709 e. The number of likely N-dealkylation sites (tertiary alicyclic amines) is 1. The van der Waals surface area contributed by atoms with Gasteiger partial charge in [-0.2, -0.15) is 0 Å². The maximum Gasteiger partial charge on any atom is 0.0709 e. The monoisotopic (exact) mass is 242 g/mol. The molecule has 1 aliphatic heterocycles. The molecule has 1 saturated heterocycles. The molecule has 1 rings (SSSR count). The van der Waals surface area contributed by atoms with E-state index in [4.69, 9.17) is 10.5 Å². The molecule has 0 aromatic rings. The Hall–Kier alpha value is -0.120. The Morgan fingerprint density at radius 3 is 2.47 bits per heavy atom. The SMILES string of the molecule is CCOC(CN)CCN1CCC(CC)(CC)C1. The summed E-state index contributed by atoms with van der Waals surface area (Å²) in [5.41, 5.74) is 6.29. The predicted molar refractivity (Wildman–Crippen MR) is 73.2 cm³/mol.